The molecule has 2 aromatic heterocycles. The van der Waals surface area contributed by atoms with Crippen LogP contribution in [0.5, 0.6) is 0 Å². The lowest BCUT2D eigenvalue weighted by Crippen LogP contribution is -2.56. The van der Waals surface area contributed by atoms with Crippen LogP contribution in [-0.4, -0.2) is 37.3 Å². The van der Waals surface area contributed by atoms with Gasteiger partial charge in [-0.3, -0.25) is 9.48 Å². The number of carboxylic acid groups (broad SMARTS) is 1. The summed E-state index contributed by atoms with van der Waals surface area (Å²) in [4.78, 5) is 29.4. The fourth-order valence-electron chi connectivity index (χ4n) is 3.68. The first kappa shape index (κ1) is 17.4. The van der Waals surface area contributed by atoms with E-state index in [-0.39, 0.29) is 5.91 Å². The summed E-state index contributed by atoms with van der Waals surface area (Å²) in [5, 5.41) is 17.6. The lowest BCUT2D eigenvalue weighted by atomic mass is 9.77. The van der Waals surface area contributed by atoms with Crippen LogP contribution in [0, 0.1) is 19.8 Å². The van der Waals surface area contributed by atoms with Crippen molar-refractivity contribution in [1.82, 2.24) is 20.1 Å². The molecule has 0 radical (unpaired) electrons. The summed E-state index contributed by atoms with van der Waals surface area (Å²) in [6.45, 7) is 5.75. The molecule has 2 N–H and O–H groups in total. The van der Waals surface area contributed by atoms with Crippen molar-refractivity contribution in [3.05, 3.63) is 23.0 Å². The molecule has 0 aliphatic heterocycles. The maximum absolute atomic E-state index is 13.0. The monoisotopic (exact) mass is 344 g/mol. The predicted octanol–water partition coefficient (Wildman–Crippen LogP) is 2.35. The maximum Gasteiger partial charge on any atom is 0.329 e. The van der Waals surface area contributed by atoms with Gasteiger partial charge in [-0.15, -0.1) is 0 Å². The number of rotatable bonds is 3. The van der Waals surface area contributed by atoms with Gasteiger partial charge in [0.1, 0.15) is 5.54 Å². The van der Waals surface area contributed by atoms with Gasteiger partial charge in [0.15, 0.2) is 5.65 Å². The number of amides is 1. The lowest BCUT2D eigenvalue weighted by Gasteiger charge is -2.36. The molecule has 0 atom stereocenters. The minimum absolute atomic E-state index is 0.372. The minimum atomic E-state index is -1.19. The Labute approximate surface area is 146 Å². The normalized spacial score (nSPS) is 23.6. The van der Waals surface area contributed by atoms with E-state index in [2.05, 4.69) is 22.3 Å². The molecule has 134 valence electrons. The van der Waals surface area contributed by atoms with E-state index in [0.29, 0.717) is 46.7 Å². The fraction of sp³-hybridized carbons (Fsp3) is 0.556. The smallest absolute Gasteiger partial charge is 0.329 e. The largest absolute Gasteiger partial charge is 0.480 e. The van der Waals surface area contributed by atoms with Gasteiger partial charge in [0.25, 0.3) is 5.91 Å². The Morgan fingerprint density at radius 3 is 2.56 bits per heavy atom. The van der Waals surface area contributed by atoms with E-state index in [1.807, 2.05) is 13.8 Å². The van der Waals surface area contributed by atoms with Crippen LogP contribution in [0.25, 0.3) is 11.0 Å². The maximum atomic E-state index is 13.0. The minimum Gasteiger partial charge on any atom is -0.480 e. The molecule has 1 aliphatic rings. The SMILES string of the molecule is Cc1cc(C(=O)NC2(C(=O)O)CCC(C)CC2)c2c(C)nn(C)c2n1. The first-order chi connectivity index (χ1) is 11.7. The molecule has 0 unspecified atom stereocenters. The van der Waals surface area contributed by atoms with Crippen molar-refractivity contribution in [3.8, 4) is 0 Å². The van der Waals surface area contributed by atoms with Crippen molar-refractivity contribution in [2.24, 2.45) is 13.0 Å². The van der Waals surface area contributed by atoms with Crippen molar-refractivity contribution in [1.29, 1.82) is 0 Å². The van der Waals surface area contributed by atoms with Gasteiger partial charge in [0.2, 0.25) is 0 Å². The van der Waals surface area contributed by atoms with Gasteiger partial charge >= 0.3 is 5.97 Å². The number of hydrogen-bond donors (Lipinski definition) is 2. The van der Waals surface area contributed by atoms with Gasteiger partial charge < -0.3 is 10.4 Å². The van der Waals surface area contributed by atoms with Crippen LogP contribution < -0.4 is 5.32 Å². The number of aliphatic carboxylic acids is 1. The molecule has 0 bridgehead atoms. The number of nitrogens with zero attached hydrogens (tertiary/aromatic N) is 3. The summed E-state index contributed by atoms with van der Waals surface area (Å²) in [5.74, 6) is -0.846. The molecular formula is C18H24N4O3. The number of carbonyl (C=O) groups excluding carboxylic acids is 1. The molecule has 1 saturated carbocycles. The molecule has 1 aliphatic carbocycles. The number of hydrogen-bond acceptors (Lipinski definition) is 4. The third kappa shape index (κ3) is 2.99. The highest BCUT2D eigenvalue weighted by molar-refractivity contribution is 6.08. The van der Waals surface area contributed by atoms with Crippen molar-refractivity contribution < 1.29 is 14.7 Å². The number of pyridine rings is 1. The topological polar surface area (TPSA) is 97.1 Å². The van der Waals surface area contributed by atoms with Gasteiger partial charge in [-0.1, -0.05) is 6.92 Å². The highest BCUT2D eigenvalue weighted by Crippen LogP contribution is 2.33. The second-order valence-corrected chi connectivity index (χ2v) is 7.24. The molecule has 7 nitrogen and oxygen atoms in total. The van der Waals surface area contributed by atoms with Crippen LogP contribution in [-0.2, 0) is 11.8 Å². The lowest BCUT2D eigenvalue weighted by molar-refractivity contribution is -0.146. The van der Waals surface area contributed by atoms with E-state index in [9.17, 15) is 14.7 Å². The highest BCUT2D eigenvalue weighted by Gasteiger charge is 2.43. The number of carboxylic acids is 1. The summed E-state index contributed by atoms with van der Waals surface area (Å²) in [6.07, 6.45) is 2.50. The number of aryl methyl sites for hydroxylation is 3. The first-order valence-corrected chi connectivity index (χ1v) is 8.60. The zero-order valence-electron chi connectivity index (χ0n) is 15.1. The van der Waals surface area contributed by atoms with Crippen LogP contribution >= 0.6 is 0 Å². The third-order valence-electron chi connectivity index (χ3n) is 5.23. The Morgan fingerprint density at radius 2 is 1.96 bits per heavy atom. The van der Waals surface area contributed by atoms with Crippen LogP contribution in [0.2, 0.25) is 0 Å². The van der Waals surface area contributed by atoms with Gasteiger partial charge in [-0.2, -0.15) is 5.10 Å². The molecule has 1 fully saturated rings. The molecule has 0 saturated heterocycles. The summed E-state index contributed by atoms with van der Waals surface area (Å²) in [6, 6.07) is 1.70. The summed E-state index contributed by atoms with van der Waals surface area (Å²) in [5.41, 5.74) is 1.28. The average Bonchev–Trinajstić information content (AvgIpc) is 2.83. The molecule has 2 heterocycles. The average molecular weight is 344 g/mol. The fourth-order valence-corrected chi connectivity index (χ4v) is 3.68. The van der Waals surface area contributed by atoms with Crippen LogP contribution in [0.15, 0.2) is 6.07 Å². The van der Waals surface area contributed by atoms with Crippen LogP contribution in [0.1, 0.15) is 54.4 Å². The molecule has 2 aromatic rings. The standard InChI is InChI=1S/C18H24N4O3/c1-10-5-7-18(8-6-10,17(24)25)20-16(23)13-9-11(2)19-15-14(13)12(3)21-22(15)4/h9-10H,5-8H2,1-4H3,(H,20,23)(H,24,25). The van der Waals surface area contributed by atoms with E-state index in [1.54, 1.807) is 17.8 Å². The van der Waals surface area contributed by atoms with Crippen LogP contribution in [0.4, 0.5) is 0 Å². The zero-order valence-corrected chi connectivity index (χ0v) is 15.1. The molecule has 0 spiro atoms. The Hall–Kier alpha value is -2.44. The number of aromatic nitrogens is 3. The number of carbonyl (C=O) groups is 2. The number of nitrogens with one attached hydrogen (secondary N) is 1. The third-order valence-corrected chi connectivity index (χ3v) is 5.23. The van der Waals surface area contributed by atoms with Crippen molar-refractivity contribution in [2.75, 3.05) is 0 Å². The quantitative estimate of drug-likeness (QED) is 0.891. The molecule has 3 rings (SSSR count). The van der Waals surface area contributed by atoms with Gasteiger partial charge in [-0.05, 0) is 51.5 Å². The van der Waals surface area contributed by atoms with Gasteiger partial charge in [-0.25, -0.2) is 9.78 Å². The van der Waals surface area contributed by atoms with Crippen molar-refractivity contribution in [3.63, 3.8) is 0 Å². The van der Waals surface area contributed by atoms with Crippen LogP contribution in [0.3, 0.4) is 0 Å². The van der Waals surface area contributed by atoms with E-state index >= 15 is 0 Å². The Balaban J connectivity index is 2.01. The summed E-state index contributed by atoms with van der Waals surface area (Å²) >= 11 is 0. The summed E-state index contributed by atoms with van der Waals surface area (Å²) in [7, 11) is 1.78. The van der Waals surface area contributed by atoms with E-state index in [0.717, 1.165) is 12.8 Å². The molecular weight excluding hydrogens is 320 g/mol. The first-order valence-electron chi connectivity index (χ1n) is 8.60. The van der Waals surface area contributed by atoms with Crippen molar-refractivity contribution in [2.45, 2.75) is 52.0 Å². The Kier molecular flexibility index (Phi) is 4.26. The van der Waals surface area contributed by atoms with Crippen molar-refractivity contribution >= 4 is 22.9 Å². The summed E-state index contributed by atoms with van der Waals surface area (Å²) < 4.78 is 1.64. The second-order valence-electron chi connectivity index (χ2n) is 7.24. The Bertz CT molecular complexity index is 848. The molecule has 25 heavy (non-hydrogen) atoms. The second kappa shape index (κ2) is 6.13. The van der Waals surface area contributed by atoms with E-state index in [1.165, 1.54) is 0 Å². The predicted molar refractivity (Wildman–Crippen MR) is 93.4 cm³/mol. The highest BCUT2D eigenvalue weighted by atomic mass is 16.4. The van der Waals surface area contributed by atoms with Gasteiger partial charge in [0.05, 0.1) is 16.6 Å². The zero-order chi connectivity index (χ0) is 18.4. The van der Waals surface area contributed by atoms with E-state index in [4.69, 9.17) is 0 Å². The molecule has 0 aromatic carbocycles. The van der Waals surface area contributed by atoms with Gasteiger partial charge in [0, 0.05) is 12.7 Å². The molecule has 7 heteroatoms. The molecule has 1 amide bonds. The van der Waals surface area contributed by atoms with E-state index < -0.39 is 11.5 Å². The Morgan fingerprint density at radius 1 is 1.32 bits per heavy atom. The number of fused-ring (bicyclic) bond motifs is 1.